The van der Waals surface area contributed by atoms with E-state index in [1.54, 1.807) is 6.20 Å². The van der Waals surface area contributed by atoms with Gasteiger partial charge in [-0.05, 0) is 38.1 Å². The normalized spacial score (nSPS) is 10.9. The van der Waals surface area contributed by atoms with Gasteiger partial charge >= 0.3 is 0 Å². The molecule has 1 N–H and O–H groups in total. The van der Waals surface area contributed by atoms with Crippen molar-refractivity contribution in [1.29, 1.82) is 0 Å². The number of fused-ring (bicyclic) bond motifs is 1. The number of aromatic nitrogens is 4. The van der Waals surface area contributed by atoms with Gasteiger partial charge in [0.2, 0.25) is 0 Å². The van der Waals surface area contributed by atoms with E-state index >= 15 is 0 Å². The Balaban J connectivity index is 1.97. The second-order valence-electron chi connectivity index (χ2n) is 4.54. The first-order valence-corrected chi connectivity index (χ1v) is 6.13. The second-order valence-corrected chi connectivity index (χ2v) is 4.54. The first kappa shape index (κ1) is 11.6. The lowest BCUT2D eigenvalue weighted by Gasteiger charge is -2.05. The summed E-state index contributed by atoms with van der Waals surface area (Å²) in [5.74, 6) is 2.55. The van der Waals surface area contributed by atoms with Crippen molar-refractivity contribution in [3.8, 4) is 0 Å². The van der Waals surface area contributed by atoms with Crippen LogP contribution in [0.3, 0.4) is 0 Å². The standard InChI is InChI=1S/C14H15N5/c1-9-15-7-6-14(16-9)18-11-4-5-13-12(8-11)17-10(2)19(13)3/h4-8H,1-3H3,(H,15,16,18). The topological polar surface area (TPSA) is 55.6 Å². The van der Waals surface area contributed by atoms with Gasteiger partial charge in [0.15, 0.2) is 0 Å². The number of rotatable bonds is 2. The van der Waals surface area contributed by atoms with Crippen molar-refractivity contribution in [2.24, 2.45) is 7.05 Å². The zero-order valence-corrected chi connectivity index (χ0v) is 11.2. The molecule has 3 aromatic rings. The molecule has 0 radical (unpaired) electrons. The number of hydrogen-bond donors (Lipinski definition) is 1. The average Bonchev–Trinajstić information content (AvgIpc) is 2.65. The summed E-state index contributed by atoms with van der Waals surface area (Å²) < 4.78 is 2.08. The van der Waals surface area contributed by atoms with Gasteiger partial charge in [0.05, 0.1) is 11.0 Å². The van der Waals surface area contributed by atoms with Crippen molar-refractivity contribution >= 4 is 22.5 Å². The fraction of sp³-hybridized carbons (Fsp3) is 0.214. The number of anilines is 2. The van der Waals surface area contributed by atoms with Crippen LogP contribution >= 0.6 is 0 Å². The van der Waals surface area contributed by atoms with Crippen molar-refractivity contribution in [2.45, 2.75) is 13.8 Å². The highest BCUT2D eigenvalue weighted by atomic mass is 15.1. The molecule has 96 valence electrons. The maximum Gasteiger partial charge on any atom is 0.134 e. The van der Waals surface area contributed by atoms with Crippen molar-refractivity contribution in [1.82, 2.24) is 19.5 Å². The number of imidazole rings is 1. The van der Waals surface area contributed by atoms with E-state index in [4.69, 9.17) is 0 Å². The van der Waals surface area contributed by atoms with Crippen LogP contribution < -0.4 is 5.32 Å². The molecule has 0 spiro atoms. The van der Waals surface area contributed by atoms with Crippen molar-refractivity contribution in [3.05, 3.63) is 42.1 Å². The second kappa shape index (κ2) is 4.35. The first-order chi connectivity index (χ1) is 9.13. The van der Waals surface area contributed by atoms with Crippen molar-refractivity contribution in [3.63, 3.8) is 0 Å². The summed E-state index contributed by atoms with van der Waals surface area (Å²) in [6.45, 7) is 3.87. The molecule has 2 aromatic heterocycles. The molecule has 0 amide bonds. The van der Waals surface area contributed by atoms with Gasteiger partial charge in [0, 0.05) is 18.9 Å². The van der Waals surface area contributed by atoms with Crippen LogP contribution in [0.25, 0.3) is 11.0 Å². The van der Waals surface area contributed by atoms with E-state index in [0.29, 0.717) is 0 Å². The minimum atomic E-state index is 0.750. The van der Waals surface area contributed by atoms with Gasteiger partial charge in [-0.15, -0.1) is 0 Å². The molecule has 5 heteroatoms. The third kappa shape index (κ3) is 2.14. The molecule has 0 aliphatic heterocycles. The molecule has 0 saturated heterocycles. The van der Waals surface area contributed by atoms with Gasteiger partial charge in [0.1, 0.15) is 17.5 Å². The average molecular weight is 253 g/mol. The van der Waals surface area contributed by atoms with E-state index in [-0.39, 0.29) is 0 Å². The Labute approximate surface area is 111 Å². The molecule has 0 fully saturated rings. The van der Waals surface area contributed by atoms with Gasteiger partial charge in [0.25, 0.3) is 0 Å². The van der Waals surface area contributed by atoms with E-state index in [2.05, 4.69) is 30.9 Å². The van der Waals surface area contributed by atoms with Gasteiger partial charge in [-0.25, -0.2) is 15.0 Å². The highest BCUT2D eigenvalue weighted by Crippen LogP contribution is 2.21. The molecule has 0 unspecified atom stereocenters. The van der Waals surface area contributed by atoms with Crippen molar-refractivity contribution < 1.29 is 0 Å². The van der Waals surface area contributed by atoms with E-state index in [1.165, 1.54) is 0 Å². The highest BCUT2D eigenvalue weighted by Gasteiger charge is 2.05. The Hall–Kier alpha value is -2.43. The monoisotopic (exact) mass is 253 g/mol. The summed E-state index contributed by atoms with van der Waals surface area (Å²) in [7, 11) is 2.02. The fourth-order valence-electron chi connectivity index (χ4n) is 2.07. The molecule has 0 saturated carbocycles. The third-order valence-corrected chi connectivity index (χ3v) is 3.15. The van der Waals surface area contributed by atoms with E-state index in [9.17, 15) is 0 Å². The van der Waals surface area contributed by atoms with Gasteiger partial charge in [-0.1, -0.05) is 0 Å². The summed E-state index contributed by atoms with van der Waals surface area (Å²) in [5.41, 5.74) is 3.08. The lowest BCUT2D eigenvalue weighted by atomic mass is 10.2. The van der Waals surface area contributed by atoms with Crippen LogP contribution in [-0.4, -0.2) is 19.5 Å². The fourth-order valence-corrected chi connectivity index (χ4v) is 2.07. The maximum absolute atomic E-state index is 4.52. The number of aryl methyl sites for hydroxylation is 3. The van der Waals surface area contributed by atoms with Crippen molar-refractivity contribution in [2.75, 3.05) is 5.32 Å². The number of nitrogens with one attached hydrogen (secondary N) is 1. The maximum atomic E-state index is 4.52. The Kier molecular flexibility index (Phi) is 2.67. The molecular formula is C14H15N5. The molecule has 3 rings (SSSR count). The Bertz CT molecular complexity index is 745. The molecule has 0 atom stereocenters. The highest BCUT2D eigenvalue weighted by molar-refractivity contribution is 5.81. The molecule has 1 aromatic carbocycles. The quantitative estimate of drug-likeness (QED) is 0.763. The summed E-state index contributed by atoms with van der Waals surface area (Å²) in [5, 5.41) is 3.27. The van der Waals surface area contributed by atoms with Crippen LogP contribution in [0, 0.1) is 13.8 Å². The third-order valence-electron chi connectivity index (χ3n) is 3.15. The number of hydrogen-bond acceptors (Lipinski definition) is 4. The summed E-state index contributed by atoms with van der Waals surface area (Å²) >= 11 is 0. The van der Waals surface area contributed by atoms with Crippen LogP contribution in [0.1, 0.15) is 11.6 Å². The van der Waals surface area contributed by atoms with Gasteiger partial charge in [-0.2, -0.15) is 0 Å². The zero-order valence-electron chi connectivity index (χ0n) is 11.2. The zero-order chi connectivity index (χ0) is 13.4. The van der Waals surface area contributed by atoms with Crippen LogP contribution in [-0.2, 0) is 7.05 Å². The Morgan fingerprint density at radius 1 is 1.11 bits per heavy atom. The molecule has 2 heterocycles. The molecule has 19 heavy (non-hydrogen) atoms. The molecule has 5 nitrogen and oxygen atoms in total. The van der Waals surface area contributed by atoms with Crippen LogP contribution in [0.2, 0.25) is 0 Å². The largest absolute Gasteiger partial charge is 0.340 e. The molecule has 0 aliphatic carbocycles. The minimum absolute atomic E-state index is 0.750. The first-order valence-electron chi connectivity index (χ1n) is 6.13. The number of nitrogens with zero attached hydrogens (tertiary/aromatic N) is 4. The smallest absolute Gasteiger partial charge is 0.134 e. The minimum Gasteiger partial charge on any atom is -0.340 e. The Morgan fingerprint density at radius 2 is 1.95 bits per heavy atom. The van der Waals surface area contributed by atoms with Crippen LogP contribution in [0.15, 0.2) is 30.5 Å². The summed E-state index contributed by atoms with van der Waals surface area (Å²) in [6.07, 6.45) is 1.74. The van der Waals surface area contributed by atoms with Gasteiger partial charge in [-0.3, -0.25) is 0 Å². The van der Waals surface area contributed by atoms with E-state index in [0.717, 1.165) is 34.2 Å². The molecule has 0 bridgehead atoms. The van der Waals surface area contributed by atoms with E-state index in [1.807, 2.05) is 39.1 Å². The van der Waals surface area contributed by atoms with Crippen LogP contribution in [0.5, 0.6) is 0 Å². The molecular weight excluding hydrogens is 238 g/mol. The lowest BCUT2D eigenvalue weighted by Crippen LogP contribution is -1.96. The SMILES string of the molecule is Cc1nccc(Nc2ccc3c(c2)nc(C)n3C)n1. The van der Waals surface area contributed by atoms with Crippen LogP contribution in [0.4, 0.5) is 11.5 Å². The summed E-state index contributed by atoms with van der Waals surface area (Å²) in [4.78, 5) is 12.9. The predicted molar refractivity (Wildman–Crippen MR) is 75.5 cm³/mol. The Morgan fingerprint density at radius 3 is 2.74 bits per heavy atom. The summed E-state index contributed by atoms with van der Waals surface area (Å²) in [6, 6.07) is 7.97. The molecule has 0 aliphatic rings. The van der Waals surface area contributed by atoms with Gasteiger partial charge < -0.3 is 9.88 Å². The van der Waals surface area contributed by atoms with E-state index < -0.39 is 0 Å². The predicted octanol–water partition coefficient (Wildman–Crippen LogP) is 2.72. The number of benzene rings is 1. The lowest BCUT2D eigenvalue weighted by molar-refractivity contribution is 0.886.